The number of nitriles is 1. The monoisotopic (exact) mass is 222 g/mol. The van der Waals surface area contributed by atoms with E-state index in [1.165, 1.54) is 23.1 Å². The predicted octanol–water partition coefficient (Wildman–Crippen LogP) is 1.21. The van der Waals surface area contributed by atoms with Gasteiger partial charge in [-0.25, -0.2) is 4.39 Å². The van der Waals surface area contributed by atoms with E-state index in [1.54, 1.807) is 7.05 Å². The number of aliphatic carboxylic acids is 1. The Morgan fingerprint density at radius 3 is 2.88 bits per heavy atom. The number of carbonyl (C=O) groups is 1. The number of likely N-dealkylation sites (N-methyl/N-ethyl adjacent to an activating group) is 1. The molecular formula is C11H11FN2O2. The van der Waals surface area contributed by atoms with Gasteiger partial charge < -0.3 is 5.11 Å². The van der Waals surface area contributed by atoms with Crippen molar-refractivity contribution in [1.29, 1.82) is 5.26 Å². The lowest BCUT2D eigenvalue weighted by Gasteiger charge is -2.14. The standard InChI is InChI=1S/C11H11FN2O2/c1-14(7-11(15)16)6-9-4-10(12)3-2-8(9)5-13/h2-4H,6-7H2,1H3,(H,15,16). The number of hydrogen-bond donors (Lipinski definition) is 1. The van der Waals surface area contributed by atoms with Crippen molar-refractivity contribution in [3.63, 3.8) is 0 Å². The van der Waals surface area contributed by atoms with Crippen molar-refractivity contribution in [2.75, 3.05) is 13.6 Å². The summed E-state index contributed by atoms with van der Waals surface area (Å²) in [5.74, 6) is -1.39. The minimum Gasteiger partial charge on any atom is -0.480 e. The minimum atomic E-state index is -0.961. The third kappa shape index (κ3) is 3.33. The SMILES string of the molecule is CN(CC(=O)O)Cc1cc(F)ccc1C#N. The smallest absolute Gasteiger partial charge is 0.317 e. The number of carboxylic acid groups (broad SMARTS) is 1. The van der Waals surface area contributed by atoms with Gasteiger partial charge in [0.05, 0.1) is 18.2 Å². The second-order valence-corrected chi connectivity index (χ2v) is 3.48. The Morgan fingerprint density at radius 1 is 1.62 bits per heavy atom. The van der Waals surface area contributed by atoms with E-state index in [0.717, 1.165) is 0 Å². The van der Waals surface area contributed by atoms with Crippen LogP contribution in [0.4, 0.5) is 4.39 Å². The zero-order valence-electron chi connectivity index (χ0n) is 8.77. The zero-order chi connectivity index (χ0) is 12.1. The molecule has 4 nitrogen and oxygen atoms in total. The van der Waals surface area contributed by atoms with Crippen molar-refractivity contribution >= 4 is 5.97 Å². The van der Waals surface area contributed by atoms with E-state index in [2.05, 4.69) is 0 Å². The van der Waals surface area contributed by atoms with Gasteiger partial charge in [0.2, 0.25) is 0 Å². The number of carboxylic acids is 1. The van der Waals surface area contributed by atoms with Crippen LogP contribution in [-0.2, 0) is 11.3 Å². The van der Waals surface area contributed by atoms with E-state index in [1.807, 2.05) is 6.07 Å². The van der Waals surface area contributed by atoms with Crippen LogP contribution in [0, 0.1) is 17.1 Å². The highest BCUT2D eigenvalue weighted by Crippen LogP contribution is 2.12. The maximum Gasteiger partial charge on any atom is 0.317 e. The molecule has 0 amide bonds. The van der Waals surface area contributed by atoms with Gasteiger partial charge in [-0.15, -0.1) is 0 Å². The maximum atomic E-state index is 13.0. The maximum absolute atomic E-state index is 13.0. The summed E-state index contributed by atoms with van der Waals surface area (Å²) in [6, 6.07) is 5.78. The fraction of sp³-hybridized carbons (Fsp3) is 0.273. The van der Waals surface area contributed by atoms with Gasteiger partial charge >= 0.3 is 5.97 Å². The summed E-state index contributed by atoms with van der Waals surface area (Å²) >= 11 is 0. The third-order valence-electron chi connectivity index (χ3n) is 2.03. The Labute approximate surface area is 92.5 Å². The molecule has 0 unspecified atom stereocenters. The number of halogens is 1. The molecule has 0 aliphatic rings. The third-order valence-corrected chi connectivity index (χ3v) is 2.03. The summed E-state index contributed by atoms with van der Waals surface area (Å²) < 4.78 is 13.0. The molecule has 0 fully saturated rings. The number of hydrogen-bond acceptors (Lipinski definition) is 3. The molecule has 1 rings (SSSR count). The van der Waals surface area contributed by atoms with E-state index in [0.29, 0.717) is 11.1 Å². The van der Waals surface area contributed by atoms with Gasteiger partial charge in [-0.1, -0.05) is 0 Å². The number of rotatable bonds is 4. The van der Waals surface area contributed by atoms with Crippen molar-refractivity contribution < 1.29 is 14.3 Å². The van der Waals surface area contributed by atoms with Gasteiger partial charge in [0.25, 0.3) is 0 Å². The van der Waals surface area contributed by atoms with Crippen LogP contribution in [0.1, 0.15) is 11.1 Å². The van der Waals surface area contributed by atoms with Crippen molar-refractivity contribution in [1.82, 2.24) is 4.90 Å². The van der Waals surface area contributed by atoms with Gasteiger partial charge in [0.1, 0.15) is 5.82 Å². The topological polar surface area (TPSA) is 64.3 Å². The van der Waals surface area contributed by atoms with E-state index in [9.17, 15) is 9.18 Å². The second-order valence-electron chi connectivity index (χ2n) is 3.48. The highest BCUT2D eigenvalue weighted by atomic mass is 19.1. The van der Waals surface area contributed by atoms with Crippen molar-refractivity contribution in [2.24, 2.45) is 0 Å². The lowest BCUT2D eigenvalue weighted by Crippen LogP contribution is -2.25. The summed E-state index contributed by atoms with van der Waals surface area (Å²) in [6.45, 7) is 0.0777. The fourth-order valence-electron chi connectivity index (χ4n) is 1.38. The van der Waals surface area contributed by atoms with Gasteiger partial charge in [-0.3, -0.25) is 9.69 Å². The van der Waals surface area contributed by atoms with Gasteiger partial charge in [-0.2, -0.15) is 5.26 Å². The molecule has 1 aromatic rings. The summed E-state index contributed by atoms with van der Waals surface area (Å²) in [5.41, 5.74) is 0.852. The summed E-state index contributed by atoms with van der Waals surface area (Å²) in [5, 5.41) is 17.4. The summed E-state index contributed by atoms with van der Waals surface area (Å²) in [4.78, 5) is 11.9. The highest BCUT2D eigenvalue weighted by Gasteiger charge is 2.09. The Bertz CT molecular complexity index is 440. The van der Waals surface area contributed by atoms with Crippen LogP contribution >= 0.6 is 0 Å². The van der Waals surface area contributed by atoms with Crippen LogP contribution in [0.5, 0.6) is 0 Å². The van der Waals surface area contributed by atoms with Gasteiger partial charge in [-0.05, 0) is 30.8 Å². The summed E-state index contributed by atoms with van der Waals surface area (Å²) in [6.07, 6.45) is 0. The molecule has 0 bridgehead atoms. The van der Waals surface area contributed by atoms with Crippen LogP contribution in [0.25, 0.3) is 0 Å². The van der Waals surface area contributed by atoms with Crippen molar-refractivity contribution in [3.05, 3.63) is 35.1 Å². The Morgan fingerprint density at radius 2 is 2.31 bits per heavy atom. The fourth-order valence-corrected chi connectivity index (χ4v) is 1.38. The molecule has 0 saturated carbocycles. The first-order valence-corrected chi connectivity index (χ1v) is 4.62. The van der Waals surface area contributed by atoms with E-state index in [4.69, 9.17) is 10.4 Å². The van der Waals surface area contributed by atoms with Gasteiger partial charge in [0.15, 0.2) is 0 Å². The molecule has 0 aliphatic carbocycles. The number of benzene rings is 1. The average molecular weight is 222 g/mol. The molecule has 1 aromatic carbocycles. The predicted molar refractivity (Wildman–Crippen MR) is 55.1 cm³/mol. The van der Waals surface area contributed by atoms with Crippen molar-refractivity contribution in [3.8, 4) is 6.07 Å². The van der Waals surface area contributed by atoms with E-state index < -0.39 is 11.8 Å². The lowest BCUT2D eigenvalue weighted by atomic mass is 10.1. The first-order chi connectivity index (χ1) is 7.52. The van der Waals surface area contributed by atoms with Crippen LogP contribution < -0.4 is 0 Å². The van der Waals surface area contributed by atoms with E-state index >= 15 is 0 Å². The zero-order valence-corrected chi connectivity index (χ0v) is 8.77. The Balaban J connectivity index is 2.84. The molecule has 1 N–H and O–H groups in total. The minimum absolute atomic E-state index is 0.151. The molecule has 84 valence electrons. The molecule has 0 radical (unpaired) electrons. The highest BCUT2D eigenvalue weighted by molar-refractivity contribution is 5.69. The molecule has 16 heavy (non-hydrogen) atoms. The molecule has 0 heterocycles. The molecule has 0 aromatic heterocycles. The average Bonchev–Trinajstić information content (AvgIpc) is 2.16. The van der Waals surface area contributed by atoms with Crippen LogP contribution in [0.15, 0.2) is 18.2 Å². The largest absolute Gasteiger partial charge is 0.480 e. The molecule has 0 saturated heterocycles. The molecule has 0 spiro atoms. The van der Waals surface area contributed by atoms with E-state index in [-0.39, 0.29) is 13.1 Å². The lowest BCUT2D eigenvalue weighted by molar-refractivity contribution is -0.138. The van der Waals surface area contributed by atoms with Crippen LogP contribution in [0.2, 0.25) is 0 Å². The normalized spacial score (nSPS) is 10.1. The Hall–Kier alpha value is -1.93. The summed E-state index contributed by atoms with van der Waals surface area (Å²) in [7, 11) is 1.60. The first-order valence-electron chi connectivity index (χ1n) is 4.62. The second kappa shape index (κ2) is 5.24. The first kappa shape index (κ1) is 12.1. The van der Waals surface area contributed by atoms with Crippen molar-refractivity contribution in [2.45, 2.75) is 6.54 Å². The quantitative estimate of drug-likeness (QED) is 0.831. The molecule has 0 atom stereocenters. The number of nitrogens with zero attached hydrogens (tertiary/aromatic N) is 2. The molecule has 0 aliphatic heterocycles. The molecule has 5 heteroatoms. The van der Waals surface area contributed by atoms with Crippen LogP contribution in [-0.4, -0.2) is 29.6 Å². The molecular weight excluding hydrogens is 211 g/mol. The van der Waals surface area contributed by atoms with Gasteiger partial charge in [0, 0.05) is 6.54 Å². The van der Waals surface area contributed by atoms with Crippen LogP contribution in [0.3, 0.4) is 0 Å². The Kier molecular flexibility index (Phi) is 3.97.